The molecule has 1 heterocycles. The molecule has 3 aromatic carbocycles. The Balaban J connectivity index is 1.53. The summed E-state index contributed by atoms with van der Waals surface area (Å²) in [5.74, 6) is -1.75. The maximum absolute atomic E-state index is 13.0. The van der Waals surface area contributed by atoms with Crippen LogP contribution in [-0.4, -0.2) is 23.6 Å². The maximum Gasteiger partial charge on any atom is 0.266 e. The molecule has 0 aromatic heterocycles. The Morgan fingerprint density at radius 3 is 2.19 bits per heavy atom. The lowest BCUT2D eigenvalue weighted by Gasteiger charge is -2.17. The topological polar surface area (TPSA) is 110 Å². The van der Waals surface area contributed by atoms with Crippen LogP contribution in [0.4, 0.5) is 5.69 Å². The molecule has 4 amide bonds. The Hall–Kier alpha value is -4.26. The first-order chi connectivity index (χ1) is 15.3. The fourth-order valence-corrected chi connectivity index (χ4v) is 3.63. The predicted octanol–water partition coefficient (Wildman–Crippen LogP) is 3.13. The van der Waals surface area contributed by atoms with Gasteiger partial charge in [-0.1, -0.05) is 24.3 Å². The maximum atomic E-state index is 13.0. The number of carbonyl (C=O) groups is 4. The highest BCUT2D eigenvalue weighted by Gasteiger charge is 2.37. The lowest BCUT2D eigenvalue weighted by Crippen LogP contribution is -2.30. The van der Waals surface area contributed by atoms with Crippen LogP contribution < -0.4 is 16.0 Å². The van der Waals surface area contributed by atoms with Crippen molar-refractivity contribution in [3.63, 3.8) is 0 Å². The molecule has 0 unspecified atom stereocenters. The van der Waals surface area contributed by atoms with Gasteiger partial charge in [-0.25, -0.2) is 4.90 Å². The average molecular weight is 427 g/mol. The Bertz CT molecular complexity index is 1280. The van der Waals surface area contributed by atoms with Crippen molar-refractivity contribution in [2.24, 2.45) is 5.73 Å². The van der Waals surface area contributed by atoms with E-state index in [0.29, 0.717) is 11.3 Å². The van der Waals surface area contributed by atoms with Gasteiger partial charge in [0.1, 0.15) is 0 Å². The number of fused-ring (bicyclic) bond motifs is 1. The third-order valence-corrected chi connectivity index (χ3v) is 5.45. The van der Waals surface area contributed by atoms with Crippen molar-refractivity contribution in [2.75, 3.05) is 4.90 Å². The molecular formula is C25H21N3O4. The molecule has 4 rings (SSSR count). The monoisotopic (exact) mass is 427 g/mol. The Kier molecular flexibility index (Phi) is 5.32. The molecule has 0 saturated heterocycles. The third-order valence-electron chi connectivity index (χ3n) is 5.45. The highest BCUT2D eigenvalue weighted by atomic mass is 16.2. The summed E-state index contributed by atoms with van der Waals surface area (Å²) in [6, 6.07) is 16.7. The van der Waals surface area contributed by atoms with Crippen LogP contribution in [0.3, 0.4) is 0 Å². The van der Waals surface area contributed by atoms with Gasteiger partial charge in [0.2, 0.25) is 5.91 Å². The van der Waals surface area contributed by atoms with E-state index in [1.807, 2.05) is 26.0 Å². The van der Waals surface area contributed by atoms with Crippen molar-refractivity contribution in [3.8, 4) is 0 Å². The summed E-state index contributed by atoms with van der Waals surface area (Å²) >= 11 is 0. The first-order valence-electron chi connectivity index (χ1n) is 10.0. The quantitative estimate of drug-likeness (QED) is 0.610. The zero-order valence-corrected chi connectivity index (χ0v) is 17.6. The van der Waals surface area contributed by atoms with Crippen molar-refractivity contribution in [1.82, 2.24) is 5.32 Å². The molecule has 0 radical (unpaired) electrons. The highest BCUT2D eigenvalue weighted by molar-refractivity contribution is 6.35. The number of hydrogen-bond acceptors (Lipinski definition) is 4. The van der Waals surface area contributed by atoms with Gasteiger partial charge in [0, 0.05) is 17.7 Å². The number of nitrogens with one attached hydrogen (secondary N) is 1. The molecule has 32 heavy (non-hydrogen) atoms. The standard InChI is InChI=1S/C25H21N3O4/c1-14-3-4-15(2)21(11-14)28-24(31)19-10-9-18(12-20(19)25(28)32)23(30)27-13-16-5-7-17(8-6-16)22(26)29/h3-12H,13H2,1-2H3,(H2,26,29)(H,27,30). The van der Waals surface area contributed by atoms with E-state index in [1.165, 1.54) is 18.2 Å². The molecule has 0 saturated carbocycles. The van der Waals surface area contributed by atoms with Gasteiger partial charge >= 0.3 is 0 Å². The SMILES string of the molecule is Cc1ccc(C)c(N2C(=O)c3ccc(C(=O)NCc4ccc(C(N)=O)cc4)cc3C2=O)c1. The smallest absolute Gasteiger partial charge is 0.266 e. The minimum absolute atomic E-state index is 0.203. The van der Waals surface area contributed by atoms with Gasteiger partial charge in [-0.15, -0.1) is 0 Å². The van der Waals surface area contributed by atoms with Crippen molar-refractivity contribution in [1.29, 1.82) is 0 Å². The molecule has 7 nitrogen and oxygen atoms in total. The van der Waals surface area contributed by atoms with Crippen molar-refractivity contribution in [3.05, 3.63) is 99.6 Å². The number of aryl methyl sites for hydroxylation is 2. The molecule has 0 bridgehead atoms. The van der Waals surface area contributed by atoms with Crippen molar-refractivity contribution in [2.45, 2.75) is 20.4 Å². The number of nitrogens with zero attached hydrogens (tertiary/aromatic N) is 1. The number of amides is 4. The molecule has 1 aliphatic heterocycles. The zero-order chi connectivity index (χ0) is 23.0. The average Bonchev–Trinajstić information content (AvgIpc) is 3.03. The number of benzene rings is 3. The molecule has 0 atom stereocenters. The summed E-state index contributed by atoms with van der Waals surface area (Å²) in [6.45, 7) is 3.97. The second kappa shape index (κ2) is 8.11. The lowest BCUT2D eigenvalue weighted by atomic mass is 10.1. The van der Waals surface area contributed by atoms with E-state index in [4.69, 9.17) is 5.73 Å². The first kappa shape index (κ1) is 21.0. The zero-order valence-electron chi connectivity index (χ0n) is 17.6. The second-order valence-corrected chi connectivity index (χ2v) is 7.74. The Morgan fingerprint density at radius 1 is 0.844 bits per heavy atom. The van der Waals surface area contributed by atoms with Crippen LogP contribution in [0.5, 0.6) is 0 Å². The number of hydrogen-bond donors (Lipinski definition) is 2. The van der Waals surface area contributed by atoms with Gasteiger partial charge < -0.3 is 11.1 Å². The molecule has 3 aromatic rings. The van der Waals surface area contributed by atoms with E-state index in [2.05, 4.69) is 5.32 Å². The summed E-state index contributed by atoms with van der Waals surface area (Å²) in [5.41, 5.74) is 9.44. The lowest BCUT2D eigenvalue weighted by molar-refractivity contribution is 0.0922. The molecule has 3 N–H and O–H groups in total. The normalized spacial score (nSPS) is 12.6. The van der Waals surface area contributed by atoms with Crippen LogP contribution in [0.1, 0.15) is 58.1 Å². The van der Waals surface area contributed by atoms with Gasteiger partial charge in [0.05, 0.1) is 16.8 Å². The van der Waals surface area contributed by atoms with Crippen LogP contribution >= 0.6 is 0 Å². The Morgan fingerprint density at radius 2 is 1.50 bits per heavy atom. The van der Waals surface area contributed by atoms with Crippen LogP contribution in [0.25, 0.3) is 0 Å². The van der Waals surface area contributed by atoms with E-state index in [1.54, 1.807) is 30.3 Å². The van der Waals surface area contributed by atoms with Gasteiger partial charge in [-0.2, -0.15) is 0 Å². The predicted molar refractivity (Wildman–Crippen MR) is 120 cm³/mol. The molecular weight excluding hydrogens is 406 g/mol. The fourth-order valence-electron chi connectivity index (χ4n) is 3.63. The molecule has 7 heteroatoms. The van der Waals surface area contributed by atoms with E-state index < -0.39 is 17.7 Å². The second-order valence-electron chi connectivity index (χ2n) is 7.74. The number of anilines is 1. The number of primary amides is 1. The number of imide groups is 1. The molecule has 0 aliphatic carbocycles. The van der Waals surface area contributed by atoms with Gasteiger partial charge in [-0.05, 0) is 66.9 Å². The summed E-state index contributed by atoms with van der Waals surface area (Å²) in [4.78, 5) is 50.9. The molecule has 0 fully saturated rings. The van der Waals surface area contributed by atoms with E-state index in [9.17, 15) is 19.2 Å². The van der Waals surface area contributed by atoms with Crippen LogP contribution in [0, 0.1) is 13.8 Å². The third kappa shape index (κ3) is 3.76. The summed E-state index contributed by atoms with van der Waals surface area (Å²) in [5, 5.41) is 2.78. The van der Waals surface area contributed by atoms with Crippen molar-refractivity contribution >= 4 is 29.3 Å². The minimum atomic E-state index is -0.521. The minimum Gasteiger partial charge on any atom is -0.366 e. The van der Waals surface area contributed by atoms with Gasteiger partial charge in [0.15, 0.2) is 0 Å². The van der Waals surface area contributed by atoms with E-state index in [0.717, 1.165) is 21.6 Å². The van der Waals surface area contributed by atoms with E-state index >= 15 is 0 Å². The van der Waals surface area contributed by atoms with Crippen LogP contribution in [-0.2, 0) is 6.54 Å². The fraction of sp³-hybridized carbons (Fsp3) is 0.120. The molecule has 0 spiro atoms. The number of carbonyl (C=O) groups excluding carboxylic acids is 4. The largest absolute Gasteiger partial charge is 0.366 e. The summed E-state index contributed by atoms with van der Waals surface area (Å²) in [6.07, 6.45) is 0. The number of nitrogens with two attached hydrogens (primary N) is 1. The van der Waals surface area contributed by atoms with Crippen LogP contribution in [0.15, 0.2) is 60.7 Å². The highest BCUT2D eigenvalue weighted by Crippen LogP contribution is 2.31. The summed E-state index contributed by atoms with van der Waals surface area (Å²) < 4.78 is 0. The van der Waals surface area contributed by atoms with Crippen LogP contribution in [0.2, 0.25) is 0 Å². The molecule has 160 valence electrons. The van der Waals surface area contributed by atoms with Gasteiger partial charge in [-0.3, -0.25) is 19.2 Å². The Labute approximate surface area is 184 Å². The van der Waals surface area contributed by atoms with Crippen molar-refractivity contribution < 1.29 is 19.2 Å². The summed E-state index contributed by atoms with van der Waals surface area (Å²) in [7, 11) is 0. The molecule has 1 aliphatic rings. The number of rotatable bonds is 5. The first-order valence-corrected chi connectivity index (χ1v) is 10.0. The van der Waals surface area contributed by atoms with Gasteiger partial charge in [0.25, 0.3) is 17.7 Å². The van der Waals surface area contributed by atoms with E-state index in [-0.39, 0.29) is 29.1 Å².